The molecule has 1 aromatic carbocycles. The van der Waals surface area contributed by atoms with Crippen LogP contribution in [-0.2, 0) is 15.3 Å². The smallest absolute Gasteiger partial charge is 0.347 e. The van der Waals surface area contributed by atoms with Crippen molar-refractivity contribution in [2.24, 2.45) is 0 Å². The van der Waals surface area contributed by atoms with Crippen LogP contribution in [0.1, 0.15) is 19.4 Å². The number of nitrogens with zero attached hydrogens (tertiary/aromatic N) is 2. The molecule has 0 spiro atoms. The van der Waals surface area contributed by atoms with E-state index < -0.39 is 23.7 Å². The standard InChI is InChI=1S/C16H15ClF2N2O3S/c1-3-23-15(22)9(2)24-13-7-12(17)20-16(21-13)25-8-10-5-4-6-11(18)14(10)19/h4-7,9H,3,8H2,1-2H3. The molecule has 0 fully saturated rings. The second kappa shape index (κ2) is 8.96. The molecular weight excluding hydrogens is 374 g/mol. The number of esters is 1. The van der Waals surface area contributed by atoms with Crippen LogP contribution < -0.4 is 4.74 Å². The molecule has 0 N–H and O–H groups in total. The lowest BCUT2D eigenvalue weighted by atomic mass is 10.2. The number of aromatic nitrogens is 2. The van der Waals surface area contributed by atoms with Crippen molar-refractivity contribution < 1.29 is 23.0 Å². The highest BCUT2D eigenvalue weighted by Crippen LogP contribution is 2.26. The Balaban J connectivity index is 2.08. The molecule has 1 aromatic heterocycles. The van der Waals surface area contributed by atoms with E-state index in [-0.39, 0.29) is 34.1 Å². The first-order valence-electron chi connectivity index (χ1n) is 7.34. The van der Waals surface area contributed by atoms with Crippen LogP contribution in [0.5, 0.6) is 5.88 Å². The molecule has 1 heterocycles. The minimum atomic E-state index is -0.919. The van der Waals surface area contributed by atoms with Crippen molar-refractivity contribution in [1.29, 1.82) is 0 Å². The van der Waals surface area contributed by atoms with Gasteiger partial charge in [0.2, 0.25) is 5.88 Å². The van der Waals surface area contributed by atoms with Gasteiger partial charge in [0.15, 0.2) is 22.9 Å². The number of carbonyl (C=O) groups excluding carboxylic acids is 1. The highest BCUT2D eigenvalue weighted by atomic mass is 35.5. The Morgan fingerprint density at radius 1 is 1.36 bits per heavy atom. The first-order valence-corrected chi connectivity index (χ1v) is 8.70. The van der Waals surface area contributed by atoms with E-state index in [0.29, 0.717) is 0 Å². The van der Waals surface area contributed by atoms with Crippen LogP contribution in [0.15, 0.2) is 29.4 Å². The molecule has 2 aromatic rings. The molecule has 2 rings (SSSR count). The van der Waals surface area contributed by atoms with Crippen LogP contribution in [0.2, 0.25) is 5.15 Å². The predicted molar refractivity (Wildman–Crippen MR) is 89.7 cm³/mol. The number of rotatable bonds is 7. The molecule has 0 saturated carbocycles. The largest absolute Gasteiger partial charge is 0.463 e. The summed E-state index contributed by atoms with van der Waals surface area (Å²) in [6, 6.07) is 5.28. The van der Waals surface area contributed by atoms with Gasteiger partial charge in [-0.25, -0.2) is 18.6 Å². The first kappa shape index (κ1) is 19.4. The number of hydrogen-bond acceptors (Lipinski definition) is 6. The fraction of sp³-hybridized carbons (Fsp3) is 0.312. The van der Waals surface area contributed by atoms with Crippen molar-refractivity contribution in [3.8, 4) is 5.88 Å². The summed E-state index contributed by atoms with van der Waals surface area (Å²) in [5, 5.41) is 0.311. The van der Waals surface area contributed by atoms with Gasteiger partial charge in [-0.3, -0.25) is 0 Å². The van der Waals surface area contributed by atoms with Gasteiger partial charge in [0.1, 0.15) is 5.15 Å². The molecular formula is C16H15ClF2N2O3S. The lowest BCUT2D eigenvalue weighted by Gasteiger charge is -2.13. The lowest BCUT2D eigenvalue weighted by Crippen LogP contribution is -2.26. The second-order valence-corrected chi connectivity index (χ2v) is 6.15. The van der Waals surface area contributed by atoms with Crippen molar-refractivity contribution in [3.05, 3.63) is 46.6 Å². The molecule has 25 heavy (non-hydrogen) atoms. The first-order chi connectivity index (χ1) is 11.9. The molecule has 1 atom stereocenters. The summed E-state index contributed by atoms with van der Waals surface area (Å²) < 4.78 is 37.1. The van der Waals surface area contributed by atoms with E-state index >= 15 is 0 Å². The lowest BCUT2D eigenvalue weighted by molar-refractivity contribution is -0.150. The molecule has 0 aliphatic carbocycles. The summed E-state index contributed by atoms with van der Waals surface area (Å²) in [6.07, 6.45) is -0.871. The third-order valence-electron chi connectivity index (χ3n) is 2.96. The molecule has 5 nitrogen and oxygen atoms in total. The Labute approximate surface area is 152 Å². The Morgan fingerprint density at radius 2 is 2.12 bits per heavy atom. The summed E-state index contributed by atoms with van der Waals surface area (Å²) in [4.78, 5) is 19.7. The van der Waals surface area contributed by atoms with Gasteiger partial charge in [-0.05, 0) is 19.9 Å². The molecule has 134 valence electrons. The van der Waals surface area contributed by atoms with E-state index in [9.17, 15) is 13.6 Å². The Bertz CT molecular complexity index is 764. The fourth-order valence-electron chi connectivity index (χ4n) is 1.79. The van der Waals surface area contributed by atoms with Gasteiger partial charge in [-0.1, -0.05) is 35.5 Å². The van der Waals surface area contributed by atoms with Gasteiger partial charge in [-0.15, -0.1) is 0 Å². The van der Waals surface area contributed by atoms with Crippen LogP contribution in [0.3, 0.4) is 0 Å². The summed E-state index contributed by atoms with van der Waals surface area (Å²) >= 11 is 6.98. The van der Waals surface area contributed by atoms with E-state index in [1.807, 2.05) is 0 Å². The molecule has 0 saturated heterocycles. The van der Waals surface area contributed by atoms with Crippen molar-refractivity contribution in [2.75, 3.05) is 6.61 Å². The van der Waals surface area contributed by atoms with Crippen molar-refractivity contribution in [2.45, 2.75) is 30.9 Å². The molecule has 0 bridgehead atoms. The van der Waals surface area contributed by atoms with E-state index in [2.05, 4.69) is 9.97 Å². The molecule has 0 aliphatic rings. The number of ether oxygens (including phenoxy) is 2. The number of benzene rings is 1. The monoisotopic (exact) mass is 388 g/mol. The van der Waals surface area contributed by atoms with Gasteiger partial charge in [0.25, 0.3) is 0 Å². The Morgan fingerprint density at radius 3 is 2.84 bits per heavy atom. The molecule has 1 unspecified atom stereocenters. The van der Waals surface area contributed by atoms with E-state index in [1.54, 1.807) is 6.92 Å². The van der Waals surface area contributed by atoms with Crippen LogP contribution in [0, 0.1) is 11.6 Å². The van der Waals surface area contributed by atoms with Crippen molar-refractivity contribution >= 4 is 29.3 Å². The Hall–Kier alpha value is -1.93. The maximum Gasteiger partial charge on any atom is 0.347 e. The highest BCUT2D eigenvalue weighted by molar-refractivity contribution is 7.98. The van der Waals surface area contributed by atoms with Crippen molar-refractivity contribution in [1.82, 2.24) is 9.97 Å². The molecule has 9 heteroatoms. The van der Waals surface area contributed by atoms with Gasteiger partial charge in [-0.2, -0.15) is 4.98 Å². The van der Waals surface area contributed by atoms with Crippen LogP contribution in [0.4, 0.5) is 8.78 Å². The average Bonchev–Trinajstić information content (AvgIpc) is 2.56. The molecule has 0 amide bonds. The Kier molecular flexibility index (Phi) is 6.95. The molecule has 0 radical (unpaired) electrons. The number of hydrogen-bond donors (Lipinski definition) is 0. The average molecular weight is 389 g/mol. The minimum absolute atomic E-state index is 0.0859. The third kappa shape index (κ3) is 5.54. The maximum absolute atomic E-state index is 13.7. The third-order valence-corrected chi connectivity index (χ3v) is 4.04. The van der Waals surface area contributed by atoms with Gasteiger partial charge >= 0.3 is 5.97 Å². The number of thioether (sulfide) groups is 1. The predicted octanol–water partition coefficient (Wildman–Crippen LogP) is 4.03. The summed E-state index contributed by atoms with van der Waals surface area (Å²) in [5.41, 5.74) is 0.177. The highest BCUT2D eigenvalue weighted by Gasteiger charge is 2.18. The van der Waals surface area contributed by atoms with E-state index in [1.165, 1.54) is 25.1 Å². The quantitative estimate of drug-likeness (QED) is 0.309. The van der Waals surface area contributed by atoms with Crippen LogP contribution >= 0.6 is 23.4 Å². The minimum Gasteiger partial charge on any atom is -0.463 e. The summed E-state index contributed by atoms with van der Waals surface area (Å²) in [5.74, 6) is -2.17. The number of halogens is 3. The van der Waals surface area contributed by atoms with E-state index in [0.717, 1.165) is 17.8 Å². The van der Waals surface area contributed by atoms with Gasteiger partial charge < -0.3 is 9.47 Å². The van der Waals surface area contributed by atoms with Crippen LogP contribution in [-0.4, -0.2) is 28.6 Å². The zero-order chi connectivity index (χ0) is 18.4. The van der Waals surface area contributed by atoms with E-state index in [4.69, 9.17) is 21.1 Å². The summed E-state index contributed by atoms with van der Waals surface area (Å²) in [6.45, 7) is 3.44. The maximum atomic E-state index is 13.7. The zero-order valence-electron chi connectivity index (χ0n) is 13.5. The SMILES string of the molecule is CCOC(=O)C(C)Oc1cc(Cl)nc(SCc2cccc(F)c2F)n1. The normalized spacial score (nSPS) is 11.9. The second-order valence-electron chi connectivity index (χ2n) is 4.83. The van der Waals surface area contributed by atoms with Gasteiger partial charge in [0.05, 0.1) is 6.61 Å². The zero-order valence-corrected chi connectivity index (χ0v) is 15.0. The molecule has 0 aliphatic heterocycles. The fourth-order valence-corrected chi connectivity index (χ4v) is 2.84. The van der Waals surface area contributed by atoms with Gasteiger partial charge in [0, 0.05) is 17.4 Å². The van der Waals surface area contributed by atoms with Crippen molar-refractivity contribution in [3.63, 3.8) is 0 Å². The topological polar surface area (TPSA) is 61.3 Å². The summed E-state index contributed by atoms with van der Waals surface area (Å²) in [7, 11) is 0. The number of carbonyl (C=O) groups is 1. The van der Waals surface area contributed by atoms with Crippen LogP contribution in [0.25, 0.3) is 0 Å².